The predicted molar refractivity (Wildman–Crippen MR) is 117 cm³/mol. The number of benzene rings is 2. The SMILES string of the molecule is COc1ccc(/C=C\c2cc(OC)c(OC)c(OC)c2)cc1OC(=O)NCCCC=O. The minimum atomic E-state index is -0.616. The molecule has 31 heavy (non-hydrogen) atoms. The van der Waals surface area contributed by atoms with Crippen LogP contribution in [-0.2, 0) is 4.79 Å². The fourth-order valence-electron chi connectivity index (χ4n) is 2.78. The molecule has 0 heterocycles. The second kappa shape index (κ2) is 12.1. The normalized spacial score (nSPS) is 10.5. The van der Waals surface area contributed by atoms with Crippen LogP contribution in [0.25, 0.3) is 12.2 Å². The van der Waals surface area contributed by atoms with E-state index in [0.717, 1.165) is 17.4 Å². The van der Waals surface area contributed by atoms with E-state index in [1.54, 1.807) is 33.5 Å². The molecular weight excluding hydrogens is 402 g/mol. The van der Waals surface area contributed by atoms with Crippen molar-refractivity contribution in [3.05, 3.63) is 41.5 Å². The first-order valence-electron chi connectivity index (χ1n) is 9.61. The number of hydrogen-bond acceptors (Lipinski definition) is 7. The minimum Gasteiger partial charge on any atom is -0.493 e. The number of methoxy groups -OCH3 is 4. The molecule has 0 aliphatic rings. The second-order valence-electron chi connectivity index (χ2n) is 6.33. The van der Waals surface area contributed by atoms with Crippen molar-refractivity contribution >= 4 is 24.5 Å². The molecule has 8 heteroatoms. The van der Waals surface area contributed by atoms with Gasteiger partial charge in [0.15, 0.2) is 23.0 Å². The van der Waals surface area contributed by atoms with Crippen molar-refractivity contribution in [3.63, 3.8) is 0 Å². The highest BCUT2D eigenvalue weighted by Gasteiger charge is 2.13. The van der Waals surface area contributed by atoms with E-state index >= 15 is 0 Å². The average molecular weight is 429 g/mol. The van der Waals surface area contributed by atoms with E-state index in [4.69, 9.17) is 23.7 Å². The van der Waals surface area contributed by atoms with Crippen LogP contribution in [0, 0.1) is 0 Å². The van der Waals surface area contributed by atoms with Crippen LogP contribution in [0.3, 0.4) is 0 Å². The van der Waals surface area contributed by atoms with Crippen molar-refractivity contribution in [2.75, 3.05) is 35.0 Å². The fourth-order valence-corrected chi connectivity index (χ4v) is 2.78. The first-order valence-corrected chi connectivity index (χ1v) is 9.61. The van der Waals surface area contributed by atoms with Crippen molar-refractivity contribution in [2.45, 2.75) is 12.8 Å². The van der Waals surface area contributed by atoms with Crippen LogP contribution in [0.5, 0.6) is 28.7 Å². The van der Waals surface area contributed by atoms with Crippen molar-refractivity contribution in [3.8, 4) is 28.7 Å². The zero-order valence-electron chi connectivity index (χ0n) is 18.1. The Morgan fingerprint density at radius 3 is 2.03 bits per heavy atom. The maximum absolute atomic E-state index is 12.0. The topological polar surface area (TPSA) is 92.3 Å². The van der Waals surface area contributed by atoms with Crippen LogP contribution in [0.1, 0.15) is 24.0 Å². The number of nitrogens with one attached hydrogen (secondary N) is 1. The lowest BCUT2D eigenvalue weighted by Crippen LogP contribution is -2.27. The van der Waals surface area contributed by atoms with Gasteiger partial charge in [0.2, 0.25) is 5.75 Å². The Morgan fingerprint density at radius 1 is 0.839 bits per heavy atom. The van der Waals surface area contributed by atoms with E-state index in [1.807, 2.05) is 30.4 Å². The first-order chi connectivity index (χ1) is 15.1. The molecule has 0 saturated heterocycles. The van der Waals surface area contributed by atoms with Crippen molar-refractivity contribution < 1.29 is 33.3 Å². The van der Waals surface area contributed by atoms with Gasteiger partial charge >= 0.3 is 6.09 Å². The van der Waals surface area contributed by atoms with Crippen LogP contribution >= 0.6 is 0 Å². The van der Waals surface area contributed by atoms with E-state index in [1.165, 1.54) is 7.11 Å². The Bertz CT molecular complexity index is 899. The summed E-state index contributed by atoms with van der Waals surface area (Å²) in [6.45, 7) is 0.348. The van der Waals surface area contributed by atoms with Gasteiger partial charge in [0, 0.05) is 13.0 Å². The molecule has 0 spiro atoms. The summed E-state index contributed by atoms with van der Waals surface area (Å²) in [4.78, 5) is 22.3. The molecule has 0 aliphatic heterocycles. The van der Waals surface area contributed by atoms with Gasteiger partial charge in [-0.3, -0.25) is 0 Å². The number of unbranched alkanes of at least 4 members (excludes halogenated alkanes) is 1. The van der Waals surface area contributed by atoms with Gasteiger partial charge in [-0.1, -0.05) is 18.2 Å². The van der Waals surface area contributed by atoms with Gasteiger partial charge in [0.25, 0.3) is 0 Å². The lowest BCUT2D eigenvalue weighted by molar-refractivity contribution is -0.107. The molecule has 0 fully saturated rings. The highest BCUT2D eigenvalue weighted by Crippen LogP contribution is 2.38. The van der Waals surface area contributed by atoms with Gasteiger partial charge in [-0.25, -0.2) is 4.79 Å². The van der Waals surface area contributed by atoms with Gasteiger partial charge in [0.05, 0.1) is 28.4 Å². The molecule has 0 saturated carbocycles. The van der Waals surface area contributed by atoms with Crippen LogP contribution < -0.4 is 29.0 Å². The van der Waals surface area contributed by atoms with Crippen LogP contribution in [0.4, 0.5) is 4.79 Å². The molecular formula is C23H27NO7. The molecule has 2 rings (SSSR count). The second-order valence-corrected chi connectivity index (χ2v) is 6.33. The summed E-state index contributed by atoms with van der Waals surface area (Å²) >= 11 is 0. The van der Waals surface area contributed by atoms with Crippen molar-refractivity contribution in [1.82, 2.24) is 5.32 Å². The van der Waals surface area contributed by atoms with Gasteiger partial charge < -0.3 is 33.8 Å². The molecule has 8 nitrogen and oxygen atoms in total. The maximum Gasteiger partial charge on any atom is 0.412 e. The van der Waals surface area contributed by atoms with E-state index in [9.17, 15) is 9.59 Å². The first kappa shape index (κ1) is 23.6. The number of carbonyl (C=O) groups is 2. The summed E-state index contributed by atoms with van der Waals surface area (Å²) in [6, 6.07) is 8.89. The zero-order valence-corrected chi connectivity index (χ0v) is 18.1. The smallest absolute Gasteiger partial charge is 0.412 e. The van der Waals surface area contributed by atoms with Crippen LogP contribution in [-0.4, -0.2) is 47.4 Å². The van der Waals surface area contributed by atoms with E-state index in [2.05, 4.69) is 5.32 Å². The van der Waals surface area contributed by atoms with E-state index in [0.29, 0.717) is 42.4 Å². The van der Waals surface area contributed by atoms with Gasteiger partial charge in [-0.05, 0) is 41.8 Å². The quantitative estimate of drug-likeness (QED) is 0.328. The zero-order chi connectivity index (χ0) is 22.6. The van der Waals surface area contributed by atoms with E-state index < -0.39 is 6.09 Å². The Labute approximate surface area is 181 Å². The summed E-state index contributed by atoms with van der Waals surface area (Å²) in [6.07, 6.45) is 4.85. The summed E-state index contributed by atoms with van der Waals surface area (Å²) < 4.78 is 26.7. The minimum absolute atomic E-state index is 0.280. The van der Waals surface area contributed by atoms with Crippen LogP contribution in [0.15, 0.2) is 30.3 Å². The summed E-state index contributed by atoms with van der Waals surface area (Å²) in [7, 11) is 6.16. The number of amides is 1. The maximum atomic E-state index is 12.0. The highest BCUT2D eigenvalue weighted by molar-refractivity contribution is 5.75. The lowest BCUT2D eigenvalue weighted by Gasteiger charge is -2.13. The number of aldehydes is 1. The van der Waals surface area contributed by atoms with Gasteiger partial charge in [0.1, 0.15) is 6.29 Å². The average Bonchev–Trinajstić information content (AvgIpc) is 2.79. The molecule has 1 N–H and O–H groups in total. The predicted octanol–water partition coefficient (Wildman–Crippen LogP) is 3.96. The molecule has 2 aromatic rings. The highest BCUT2D eigenvalue weighted by atomic mass is 16.6. The lowest BCUT2D eigenvalue weighted by atomic mass is 10.1. The third-order valence-electron chi connectivity index (χ3n) is 4.31. The molecule has 0 atom stereocenters. The number of carbonyl (C=O) groups excluding carboxylic acids is 2. The van der Waals surface area contributed by atoms with Gasteiger partial charge in [-0.15, -0.1) is 0 Å². The molecule has 0 bridgehead atoms. The van der Waals surface area contributed by atoms with E-state index in [-0.39, 0.29) is 5.75 Å². The summed E-state index contributed by atoms with van der Waals surface area (Å²) in [5.41, 5.74) is 1.62. The fraction of sp³-hybridized carbons (Fsp3) is 0.304. The molecule has 2 aromatic carbocycles. The Morgan fingerprint density at radius 2 is 1.45 bits per heavy atom. The number of hydrogen-bond donors (Lipinski definition) is 1. The molecule has 0 radical (unpaired) electrons. The Kier molecular flexibility index (Phi) is 9.22. The summed E-state index contributed by atoms with van der Waals surface area (Å²) in [5, 5.41) is 2.60. The number of rotatable bonds is 11. The van der Waals surface area contributed by atoms with Crippen molar-refractivity contribution in [1.29, 1.82) is 0 Å². The molecule has 0 aromatic heterocycles. The third-order valence-corrected chi connectivity index (χ3v) is 4.31. The molecule has 0 aliphatic carbocycles. The third kappa shape index (κ3) is 6.67. The Hall–Kier alpha value is -3.68. The molecule has 166 valence electrons. The monoisotopic (exact) mass is 429 g/mol. The summed E-state index contributed by atoms with van der Waals surface area (Å²) in [5.74, 6) is 2.31. The standard InChI is InChI=1S/C23H27NO7/c1-27-18-10-9-16(13-19(18)31-23(26)24-11-5-6-12-25)7-8-17-14-20(28-2)22(30-4)21(15-17)29-3/h7-10,12-15H,5-6,11H2,1-4H3,(H,24,26)/b8-7-. The molecule has 1 amide bonds. The molecule has 0 unspecified atom stereocenters. The number of ether oxygens (including phenoxy) is 5. The van der Waals surface area contributed by atoms with Crippen molar-refractivity contribution in [2.24, 2.45) is 0 Å². The van der Waals surface area contributed by atoms with Gasteiger partial charge in [-0.2, -0.15) is 0 Å². The Balaban J connectivity index is 2.20. The largest absolute Gasteiger partial charge is 0.493 e. The van der Waals surface area contributed by atoms with Crippen LogP contribution in [0.2, 0.25) is 0 Å².